The first kappa shape index (κ1) is 13.9. The molecule has 1 aromatic heterocycles. The second-order valence-electron chi connectivity index (χ2n) is 6.74. The van der Waals surface area contributed by atoms with E-state index in [9.17, 15) is 0 Å². The van der Waals surface area contributed by atoms with Gasteiger partial charge in [-0.15, -0.1) is 0 Å². The van der Waals surface area contributed by atoms with Gasteiger partial charge in [0.25, 0.3) is 0 Å². The van der Waals surface area contributed by atoms with E-state index in [0.29, 0.717) is 12.6 Å². The maximum absolute atomic E-state index is 5.19. The Hall–Kier alpha value is -1.03. The van der Waals surface area contributed by atoms with Crippen LogP contribution in [-0.4, -0.2) is 29.3 Å². The summed E-state index contributed by atoms with van der Waals surface area (Å²) < 4.78 is 7.52. The van der Waals surface area contributed by atoms with Crippen molar-refractivity contribution in [1.82, 2.24) is 9.55 Å². The number of aromatic nitrogens is 2. The van der Waals surface area contributed by atoms with E-state index < -0.39 is 0 Å². The summed E-state index contributed by atoms with van der Waals surface area (Å²) in [5.41, 5.74) is 0. The molecule has 1 aromatic rings. The summed E-state index contributed by atoms with van der Waals surface area (Å²) in [4.78, 5) is 4.49. The summed E-state index contributed by atoms with van der Waals surface area (Å²) >= 11 is 0. The number of anilines is 1. The van der Waals surface area contributed by atoms with Gasteiger partial charge in [0, 0.05) is 31.6 Å². The molecule has 0 saturated heterocycles. The molecule has 0 radical (unpaired) electrons. The van der Waals surface area contributed by atoms with Crippen LogP contribution in [-0.2, 0) is 4.74 Å². The Labute approximate surface area is 121 Å². The van der Waals surface area contributed by atoms with Gasteiger partial charge in [0.05, 0.1) is 6.61 Å². The van der Waals surface area contributed by atoms with E-state index in [1.807, 2.05) is 6.20 Å². The van der Waals surface area contributed by atoms with Gasteiger partial charge in [-0.1, -0.05) is 6.42 Å². The van der Waals surface area contributed by atoms with Crippen LogP contribution in [0.1, 0.15) is 45.6 Å². The molecule has 3 rings (SSSR count). The molecule has 1 N–H and O–H groups in total. The van der Waals surface area contributed by atoms with Crippen molar-refractivity contribution in [3.63, 3.8) is 0 Å². The molecule has 2 bridgehead atoms. The lowest BCUT2D eigenvalue weighted by atomic mass is 9.84. The van der Waals surface area contributed by atoms with Crippen LogP contribution in [0.3, 0.4) is 0 Å². The minimum Gasteiger partial charge on any atom is -0.383 e. The fraction of sp³-hybridized carbons (Fsp3) is 0.812. The zero-order chi connectivity index (χ0) is 14.1. The highest BCUT2D eigenvalue weighted by atomic mass is 16.5. The van der Waals surface area contributed by atoms with Crippen molar-refractivity contribution in [2.24, 2.45) is 17.8 Å². The van der Waals surface area contributed by atoms with Crippen molar-refractivity contribution in [3.8, 4) is 0 Å². The first-order valence-corrected chi connectivity index (χ1v) is 7.97. The van der Waals surface area contributed by atoms with Crippen molar-refractivity contribution < 1.29 is 4.74 Å². The number of ether oxygens (including phenoxy) is 1. The predicted molar refractivity (Wildman–Crippen MR) is 80.8 cm³/mol. The first-order chi connectivity index (χ1) is 9.69. The Kier molecular flexibility index (Phi) is 4.01. The number of nitrogens with one attached hydrogen (secondary N) is 1. The van der Waals surface area contributed by atoms with Crippen molar-refractivity contribution >= 4 is 5.95 Å². The van der Waals surface area contributed by atoms with Crippen LogP contribution < -0.4 is 5.32 Å². The van der Waals surface area contributed by atoms with Crippen LogP contribution in [0.15, 0.2) is 12.4 Å². The number of fused-ring (bicyclic) bond motifs is 2. The summed E-state index contributed by atoms with van der Waals surface area (Å²) in [6.07, 6.45) is 9.82. The summed E-state index contributed by atoms with van der Waals surface area (Å²) in [6, 6.07) is 0.832. The molecule has 4 nitrogen and oxygen atoms in total. The molecule has 20 heavy (non-hydrogen) atoms. The minimum absolute atomic E-state index is 0.286. The molecule has 0 aliphatic heterocycles. The summed E-state index contributed by atoms with van der Waals surface area (Å²) in [7, 11) is 1.74. The van der Waals surface area contributed by atoms with E-state index in [1.54, 1.807) is 7.11 Å². The summed E-state index contributed by atoms with van der Waals surface area (Å²) in [5, 5.41) is 3.47. The normalized spacial score (nSPS) is 31.4. The fourth-order valence-corrected chi connectivity index (χ4v) is 4.36. The van der Waals surface area contributed by atoms with Crippen molar-refractivity contribution in [2.75, 3.05) is 19.0 Å². The van der Waals surface area contributed by atoms with Crippen molar-refractivity contribution in [1.29, 1.82) is 0 Å². The highest BCUT2D eigenvalue weighted by molar-refractivity contribution is 5.28. The van der Waals surface area contributed by atoms with E-state index >= 15 is 0 Å². The summed E-state index contributed by atoms with van der Waals surface area (Å²) in [6.45, 7) is 5.19. The molecule has 1 heterocycles. The average Bonchev–Trinajstić information content (AvgIpc) is 3.13. The molecule has 5 atom stereocenters. The van der Waals surface area contributed by atoms with Crippen LogP contribution in [0.4, 0.5) is 5.95 Å². The topological polar surface area (TPSA) is 39.1 Å². The van der Waals surface area contributed by atoms with Crippen LogP contribution in [0, 0.1) is 17.8 Å². The van der Waals surface area contributed by atoms with E-state index in [0.717, 1.165) is 23.7 Å². The zero-order valence-electron chi connectivity index (χ0n) is 12.9. The molecule has 2 saturated carbocycles. The maximum atomic E-state index is 5.19. The summed E-state index contributed by atoms with van der Waals surface area (Å²) in [5.74, 6) is 3.77. The molecule has 5 unspecified atom stereocenters. The highest BCUT2D eigenvalue weighted by Crippen LogP contribution is 2.52. The lowest BCUT2D eigenvalue weighted by molar-refractivity contribution is 0.189. The Morgan fingerprint density at radius 3 is 2.90 bits per heavy atom. The van der Waals surface area contributed by atoms with Gasteiger partial charge in [0.1, 0.15) is 0 Å². The Bertz CT molecular complexity index is 445. The number of methoxy groups -OCH3 is 1. The van der Waals surface area contributed by atoms with Crippen molar-refractivity contribution in [3.05, 3.63) is 12.4 Å². The van der Waals surface area contributed by atoms with E-state index in [4.69, 9.17) is 4.74 Å². The number of hydrogen-bond donors (Lipinski definition) is 1. The number of hydrogen-bond acceptors (Lipinski definition) is 3. The molecule has 2 aliphatic rings. The van der Waals surface area contributed by atoms with Gasteiger partial charge in [-0.05, 0) is 50.9 Å². The second kappa shape index (κ2) is 5.76. The molecule has 2 fully saturated rings. The molecule has 4 heteroatoms. The van der Waals surface area contributed by atoms with Gasteiger partial charge < -0.3 is 14.6 Å². The smallest absolute Gasteiger partial charge is 0.203 e. The monoisotopic (exact) mass is 277 g/mol. The third-order valence-electron chi connectivity index (χ3n) is 5.31. The Morgan fingerprint density at radius 2 is 2.25 bits per heavy atom. The van der Waals surface area contributed by atoms with Gasteiger partial charge in [-0.25, -0.2) is 4.98 Å². The quantitative estimate of drug-likeness (QED) is 0.867. The van der Waals surface area contributed by atoms with E-state index in [-0.39, 0.29) is 6.04 Å². The first-order valence-electron chi connectivity index (χ1n) is 7.97. The Morgan fingerprint density at radius 1 is 1.40 bits per heavy atom. The molecule has 0 spiro atoms. The van der Waals surface area contributed by atoms with Gasteiger partial charge in [-0.3, -0.25) is 0 Å². The van der Waals surface area contributed by atoms with Gasteiger partial charge in [0.2, 0.25) is 5.95 Å². The zero-order valence-corrected chi connectivity index (χ0v) is 12.9. The maximum Gasteiger partial charge on any atom is 0.203 e. The second-order valence-corrected chi connectivity index (χ2v) is 6.74. The van der Waals surface area contributed by atoms with Crippen LogP contribution in [0.25, 0.3) is 0 Å². The molecule has 0 aromatic carbocycles. The largest absolute Gasteiger partial charge is 0.383 e. The highest BCUT2D eigenvalue weighted by Gasteiger charge is 2.42. The van der Waals surface area contributed by atoms with E-state index in [2.05, 4.69) is 34.9 Å². The molecular formula is C16H27N3O. The third-order valence-corrected chi connectivity index (χ3v) is 5.31. The van der Waals surface area contributed by atoms with Crippen LogP contribution >= 0.6 is 0 Å². The Balaban J connectivity index is 1.69. The van der Waals surface area contributed by atoms with Crippen molar-refractivity contribution in [2.45, 2.75) is 51.6 Å². The standard InChI is InChI=1S/C16H27N3O/c1-11(10-20-3)18-16-17-6-7-19(16)12(2)15-9-13-4-5-14(15)8-13/h6-7,11-15H,4-5,8-10H2,1-3H3,(H,17,18). The van der Waals surface area contributed by atoms with Gasteiger partial charge >= 0.3 is 0 Å². The van der Waals surface area contributed by atoms with E-state index in [1.165, 1.54) is 25.7 Å². The molecule has 112 valence electrons. The third kappa shape index (κ3) is 2.58. The molecular weight excluding hydrogens is 250 g/mol. The number of nitrogens with zero attached hydrogens (tertiary/aromatic N) is 2. The van der Waals surface area contributed by atoms with Gasteiger partial charge in [-0.2, -0.15) is 0 Å². The lowest BCUT2D eigenvalue weighted by Crippen LogP contribution is -2.27. The minimum atomic E-state index is 0.286. The average molecular weight is 277 g/mol. The SMILES string of the molecule is COCC(C)Nc1nccn1C(C)C1CC2CCC1C2. The molecule has 2 aliphatic carbocycles. The lowest BCUT2D eigenvalue weighted by Gasteiger charge is -2.30. The molecule has 0 amide bonds. The number of imidazole rings is 1. The van der Waals surface area contributed by atoms with Crippen LogP contribution in [0.2, 0.25) is 0 Å². The fourth-order valence-electron chi connectivity index (χ4n) is 4.36. The predicted octanol–water partition coefficient (Wildman–Crippen LogP) is 3.33. The van der Waals surface area contributed by atoms with Crippen LogP contribution in [0.5, 0.6) is 0 Å². The van der Waals surface area contributed by atoms with Gasteiger partial charge in [0.15, 0.2) is 0 Å². The number of rotatable bonds is 6.